The topological polar surface area (TPSA) is 153 Å². The van der Waals surface area contributed by atoms with E-state index in [2.05, 4.69) is 11.6 Å². The third-order valence-corrected chi connectivity index (χ3v) is 11.4. The maximum absolute atomic E-state index is 14.5. The molecule has 0 radical (unpaired) electrons. The van der Waals surface area contributed by atoms with Crippen LogP contribution >= 0.6 is 0 Å². The lowest BCUT2D eigenvalue weighted by Crippen LogP contribution is -2.60. The van der Waals surface area contributed by atoms with Crippen LogP contribution in [0.5, 0.6) is 0 Å². The van der Waals surface area contributed by atoms with Crippen molar-refractivity contribution in [1.82, 2.24) is 14.5 Å². The Morgan fingerprint density at radius 2 is 1.79 bits per heavy atom. The Kier molecular flexibility index (Phi) is 14.9. The highest BCUT2D eigenvalue weighted by Gasteiger charge is 2.51. The lowest BCUT2D eigenvalue weighted by molar-refractivity contribution is -0.294. The van der Waals surface area contributed by atoms with Crippen molar-refractivity contribution >= 4 is 29.4 Å². The molecule has 1 unspecified atom stereocenters. The fraction of sp³-hybridized carbons (Fsp3) is 0.581. The minimum atomic E-state index is -1.32. The molecule has 1 saturated heterocycles. The number of hydrogen-bond acceptors (Lipinski definition) is 12. The molecule has 1 aromatic carbocycles. The van der Waals surface area contributed by atoms with Gasteiger partial charge in [-0.15, -0.1) is 6.58 Å². The molecule has 2 aromatic rings. The summed E-state index contributed by atoms with van der Waals surface area (Å²) < 4.78 is 33.0. The van der Waals surface area contributed by atoms with Crippen LogP contribution in [0.25, 0.3) is 0 Å². The summed E-state index contributed by atoms with van der Waals surface area (Å²) in [5.41, 5.74) is -1.93. The van der Waals surface area contributed by atoms with Gasteiger partial charge in [0.15, 0.2) is 24.0 Å². The van der Waals surface area contributed by atoms with Crippen LogP contribution in [0.1, 0.15) is 89.3 Å². The van der Waals surface area contributed by atoms with Crippen LogP contribution in [0, 0.1) is 23.2 Å². The highest BCUT2D eigenvalue weighted by Crippen LogP contribution is 2.40. The van der Waals surface area contributed by atoms with Crippen LogP contribution in [0.2, 0.25) is 0 Å². The highest BCUT2D eigenvalue weighted by molar-refractivity contribution is 6.00. The van der Waals surface area contributed by atoms with Crippen LogP contribution in [-0.2, 0) is 38.1 Å². The van der Waals surface area contributed by atoms with Gasteiger partial charge in [0.05, 0.1) is 34.8 Å². The first-order valence-electron chi connectivity index (χ1n) is 19.3. The Morgan fingerprint density at radius 1 is 1.11 bits per heavy atom. The van der Waals surface area contributed by atoms with Gasteiger partial charge in [-0.05, 0) is 78.8 Å². The second-order valence-corrected chi connectivity index (χ2v) is 15.8. The fourth-order valence-corrected chi connectivity index (χ4v) is 8.10. The Morgan fingerprint density at radius 3 is 2.36 bits per heavy atom. The third-order valence-electron chi connectivity index (χ3n) is 11.4. The van der Waals surface area contributed by atoms with E-state index in [0.29, 0.717) is 17.6 Å². The molecule has 4 rings (SSSR count). The van der Waals surface area contributed by atoms with Crippen LogP contribution in [0.4, 0.5) is 0 Å². The summed E-state index contributed by atoms with van der Waals surface area (Å²) in [4.78, 5) is 75.7. The first-order valence-corrected chi connectivity index (χ1v) is 19.3. The molecule has 11 atom stereocenters. The molecule has 2 aliphatic rings. The smallest absolute Gasteiger partial charge is 0.338 e. The van der Waals surface area contributed by atoms with E-state index in [-0.39, 0.29) is 43.1 Å². The van der Waals surface area contributed by atoms with Gasteiger partial charge in [-0.2, -0.15) is 0 Å². The van der Waals surface area contributed by atoms with E-state index in [4.69, 9.17) is 23.7 Å². The van der Waals surface area contributed by atoms with Gasteiger partial charge in [-0.25, -0.2) is 9.78 Å². The highest BCUT2D eigenvalue weighted by atomic mass is 16.7. The molecule has 3 heterocycles. The Hall–Kier alpha value is -4.30. The molecule has 13 heteroatoms. The van der Waals surface area contributed by atoms with E-state index in [1.54, 1.807) is 71.0 Å². The first-order chi connectivity index (χ1) is 26.4. The number of likely N-dealkylation sites (N-methyl/N-ethyl adjacent to an activating group) is 1. The maximum atomic E-state index is 14.5. The van der Waals surface area contributed by atoms with E-state index < -0.39 is 71.1 Å². The molecule has 1 aromatic heterocycles. The zero-order valence-corrected chi connectivity index (χ0v) is 34.4. The number of hydrogen-bond donors (Lipinski definition) is 0. The number of benzene rings is 1. The van der Waals surface area contributed by atoms with Crippen LogP contribution in [0.3, 0.4) is 0 Å². The molecular weight excluding hydrogens is 718 g/mol. The second-order valence-electron chi connectivity index (χ2n) is 15.8. The molecule has 0 N–H and O–H groups in total. The number of carbonyl (C=O) groups is 5. The van der Waals surface area contributed by atoms with Gasteiger partial charge < -0.3 is 28.6 Å². The number of esters is 2. The third kappa shape index (κ3) is 9.79. The van der Waals surface area contributed by atoms with Gasteiger partial charge in [-0.3, -0.25) is 23.7 Å². The fourth-order valence-electron chi connectivity index (χ4n) is 8.10. The zero-order chi connectivity index (χ0) is 41.5. The number of nitrogens with zero attached hydrogens (tertiary/aromatic N) is 3. The summed E-state index contributed by atoms with van der Waals surface area (Å²) in [7, 11) is 5.24. The van der Waals surface area contributed by atoms with E-state index in [9.17, 15) is 24.0 Å². The largest absolute Gasteiger partial charge is 0.461 e. The molecule has 0 amide bonds. The monoisotopic (exact) mass is 777 g/mol. The van der Waals surface area contributed by atoms with Gasteiger partial charge in [0, 0.05) is 37.8 Å². The molecule has 56 heavy (non-hydrogen) atoms. The number of ether oxygens (including phenoxy) is 5. The van der Waals surface area contributed by atoms with E-state index in [1.165, 1.54) is 43.4 Å². The van der Waals surface area contributed by atoms with Crippen molar-refractivity contribution in [2.75, 3.05) is 21.2 Å². The zero-order valence-electron chi connectivity index (χ0n) is 34.4. The van der Waals surface area contributed by atoms with Gasteiger partial charge in [0.25, 0.3) is 0 Å². The number of allylic oxidation sites excluding steroid dienone is 1. The maximum Gasteiger partial charge on any atom is 0.338 e. The summed E-state index contributed by atoms with van der Waals surface area (Å²) in [6, 6.07) is 8.28. The lowest BCUT2D eigenvalue weighted by Gasteiger charge is -2.47. The summed E-state index contributed by atoms with van der Waals surface area (Å²) in [5, 5.41) is 0. The number of carbonyl (C=O) groups excluding carboxylic acids is 5. The molecule has 0 bridgehead atoms. The summed E-state index contributed by atoms with van der Waals surface area (Å²) >= 11 is 0. The summed E-state index contributed by atoms with van der Waals surface area (Å²) in [6.07, 6.45) is 3.76. The van der Waals surface area contributed by atoms with Crippen molar-refractivity contribution in [2.45, 2.75) is 116 Å². The Balaban J connectivity index is 1.80. The molecule has 1 fully saturated rings. The van der Waals surface area contributed by atoms with E-state index >= 15 is 0 Å². The number of ketones is 2. The average Bonchev–Trinajstić information content (AvgIpc) is 3.73. The van der Waals surface area contributed by atoms with Crippen molar-refractivity contribution in [3.63, 3.8) is 0 Å². The minimum Gasteiger partial charge on any atom is -0.461 e. The predicted octanol–water partition coefficient (Wildman–Crippen LogP) is 5.89. The minimum absolute atomic E-state index is 0.0920. The number of cyclic esters (lactones) is 1. The molecule has 0 aliphatic carbocycles. The molecule has 0 saturated carbocycles. The van der Waals surface area contributed by atoms with Crippen molar-refractivity contribution in [3.8, 4) is 0 Å². The van der Waals surface area contributed by atoms with Gasteiger partial charge in [0.1, 0.15) is 18.3 Å². The standard InChI is InChI=1S/C43H59N3O10/c1-12-33-43(13-2,24-34(47)46-20-19-44-25-46)23-27(4)35(48)26(3)22-42(8,52-11)38(29(6)36(49)30(7)39(50)54-33)56-41-37(32(45(9)10)21-28(5)53-41)55-40(51)31-17-15-14-16-18-31/h13-20,23,25-26,28-30,32-33,37-38,41H,2,12,21-22,24H2,1,3-11H3/b27-23+/t26-,28-,29+,30-,32+,33-,37-,38-,41?,42-,43-/m1/s1. The Bertz CT molecular complexity index is 1740. The van der Waals surface area contributed by atoms with Crippen molar-refractivity contribution < 1.29 is 47.7 Å². The predicted molar refractivity (Wildman–Crippen MR) is 209 cm³/mol. The normalized spacial score (nSPS) is 34.5. The van der Waals surface area contributed by atoms with Crippen molar-refractivity contribution in [1.29, 1.82) is 0 Å². The van der Waals surface area contributed by atoms with Crippen LogP contribution in [0.15, 0.2) is 73.4 Å². The molecule has 2 aliphatic heterocycles. The first kappa shape index (κ1) is 44.4. The summed E-state index contributed by atoms with van der Waals surface area (Å²) in [6.45, 7) is 16.0. The van der Waals surface area contributed by atoms with Crippen LogP contribution < -0.4 is 0 Å². The SMILES string of the molecule is C=C[C@]1(CC(=O)n2ccnc2)/C=C(\C)C(=O)[C@H](C)C[C@@](C)(OC)[C@H](OC2O[C@H](C)C[C@H](N(C)C)[C@H]2OC(=O)c2ccccc2)[C@@H](C)C(=O)[C@@H](C)C(=O)O[C@@H]1CC. The molecule has 306 valence electrons. The van der Waals surface area contributed by atoms with E-state index in [1.807, 2.05) is 25.9 Å². The lowest BCUT2D eigenvalue weighted by atomic mass is 9.73. The Labute approximate surface area is 330 Å². The average molecular weight is 778 g/mol. The number of Topliss-reactive ketones (excluding diaryl/α,β-unsaturated/α-hetero) is 2. The van der Waals surface area contributed by atoms with Gasteiger partial charge >= 0.3 is 11.9 Å². The molecular formula is C43H59N3O10. The van der Waals surface area contributed by atoms with Crippen LogP contribution in [-0.4, -0.2) is 107 Å². The number of aromatic nitrogens is 2. The number of rotatable bonds is 10. The quantitative estimate of drug-likeness (QED) is 0.161. The number of imidazole rings is 1. The van der Waals surface area contributed by atoms with Gasteiger partial charge in [-0.1, -0.05) is 51.1 Å². The number of methoxy groups -OCH3 is 1. The molecule has 0 spiro atoms. The van der Waals surface area contributed by atoms with E-state index in [0.717, 1.165) is 0 Å². The van der Waals surface area contributed by atoms with Crippen molar-refractivity contribution in [3.05, 3.63) is 78.9 Å². The summed E-state index contributed by atoms with van der Waals surface area (Å²) in [5.74, 6) is -5.42. The van der Waals surface area contributed by atoms with Crippen molar-refractivity contribution in [2.24, 2.45) is 23.2 Å². The second kappa shape index (κ2) is 18.8. The van der Waals surface area contributed by atoms with Gasteiger partial charge in [0.2, 0.25) is 5.91 Å². The molecule has 13 nitrogen and oxygen atoms in total.